The predicted octanol–water partition coefficient (Wildman–Crippen LogP) is 2.39. The molecule has 1 saturated heterocycles. The van der Waals surface area contributed by atoms with Crippen LogP contribution in [0.5, 0.6) is 0 Å². The lowest BCUT2D eigenvalue weighted by Crippen LogP contribution is -2.46. The van der Waals surface area contributed by atoms with Crippen LogP contribution < -0.4 is 5.73 Å². The lowest BCUT2D eigenvalue weighted by atomic mass is 9.90. The van der Waals surface area contributed by atoms with Crippen LogP contribution in [-0.2, 0) is 17.9 Å². The molecule has 0 spiro atoms. The van der Waals surface area contributed by atoms with Crippen LogP contribution in [0.25, 0.3) is 0 Å². The standard InChI is InChI=1S/C16H26N2O/c1-3-15-11-18(9-8-16(15)17)10-13-4-6-14(7-5-13)12-19-2/h4-7,15-16H,3,8-12,17H2,1-2H3. The van der Waals surface area contributed by atoms with Crippen molar-refractivity contribution in [3.63, 3.8) is 0 Å². The van der Waals surface area contributed by atoms with Gasteiger partial charge in [-0.25, -0.2) is 0 Å². The molecule has 3 nitrogen and oxygen atoms in total. The molecule has 1 aromatic carbocycles. The molecule has 0 aliphatic carbocycles. The summed E-state index contributed by atoms with van der Waals surface area (Å²) >= 11 is 0. The van der Waals surface area contributed by atoms with E-state index in [1.807, 2.05) is 0 Å². The van der Waals surface area contributed by atoms with Gasteiger partial charge in [-0.1, -0.05) is 37.6 Å². The minimum absolute atomic E-state index is 0.394. The maximum absolute atomic E-state index is 6.16. The number of piperidine rings is 1. The van der Waals surface area contributed by atoms with Crippen LogP contribution in [0.4, 0.5) is 0 Å². The molecule has 2 rings (SSSR count). The number of methoxy groups -OCH3 is 1. The average Bonchev–Trinajstić information content (AvgIpc) is 2.43. The molecule has 1 aliphatic heterocycles. The van der Waals surface area contributed by atoms with Crippen molar-refractivity contribution in [1.82, 2.24) is 4.90 Å². The number of nitrogens with zero attached hydrogens (tertiary/aromatic N) is 1. The van der Waals surface area contributed by atoms with Gasteiger partial charge in [-0.15, -0.1) is 0 Å². The van der Waals surface area contributed by atoms with Gasteiger partial charge in [-0.2, -0.15) is 0 Å². The molecule has 106 valence electrons. The normalized spacial score (nSPS) is 24.6. The Balaban J connectivity index is 1.90. The monoisotopic (exact) mass is 262 g/mol. The summed E-state index contributed by atoms with van der Waals surface area (Å²) in [4.78, 5) is 2.53. The predicted molar refractivity (Wildman–Crippen MR) is 78.8 cm³/mol. The molecule has 0 saturated carbocycles. The van der Waals surface area contributed by atoms with Gasteiger partial charge in [0.15, 0.2) is 0 Å². The van der Waals surface area contributed by atoms with Crippen LogP contribution in [0.15, 0.2) is 24.3 Å². The van der Waals surface area contributed by atoms with Gasteiger partial charge in [0.25, 0.3) is 0 Å². The molecule has 2 N–H and O–H groups in total. The Morgan fingerprint density at radius 1 is 1.26 bits per heavy atom. The van der Waals surface area contributed by atoms with Crippen LogP contribution in [-0.4, -0.2) is 31.1 Å². The van der Waals surface area contributed by atoms with Crippen molar-refractivity contribution in [2.45, 2.75) is 39.0 Å². The Hall–Kier alpha value is -0.900. The summed E-state index contributed by atoms with van der Waals surface area (Å²) in [7, 11) is 1.73. The zero-order valence-corrected chi connectivity index (χ0v) is 12.1. The van der Waals surface area contributed by atoms with E-state index in [1.165, 1.54) is 17.5 Å². The molecule has 1 heterocycles. The fraction of sp³-hybridized carbons (Fsp3) is 0.625. The molecular formula is C16H26N2O. The van der Waals surface area contributed by atoms with E-state index in [2.05, 4.69) is 36.1 Å². The molecule has 0 radical (unpaired) electrons. The molecule has 1 aromatic rings. The number of benzene rings is 1. The number of hydrogen-bond acceptors (Lipinski definition) is 3. The van der Waals surface area contributed by atoms with E-state index in [1.54, 1.807) is 7.11 Å². The third-order valence-electron chi connectivity index (χ3n) is 4.14. The topological polar surface area (TPSA) is 38.5 Å². The van der Waals surface area contributed by atoms with E-state index in [9.17, 15) is 0 Å². The second-order valence-electron chi connectivity index (χ2n) is 5.61. The Labute approximate surface area is 116 Å². The number of hydrogen-bond donors (Lipinski definition) is 1. The maximum Gasteiger partial charge on any atom is 0.0713 e. The van der Waals surface area contributed by atoms with Crippen molar-refractivity contribution < 1.29 is 4.74 Å². The summed E-state index contributed by atoms with van der Waals surface area (Å²) < 4.78 is 5.13. The zero-order valence-electron chi connectivity index (χ0n) is 12.1. The van der Waals surface area contributed by atoms with E-state index >= 15 is 0 Å². The first-order valence-corrected chi connectivity index (χ1v) is 7.27. The minimum atomic E-state index is 0.394. The van der Waals surface area contributed by atoms with Crippen molar-refractivity contribution in [3.8, 4) is 0 Å². The lowest BCUT2D eigenvalue weighted by molar-refractivity contribution is 0.145. The second-order valence-corrected chi connectivity index (χ2v) is 5.61. The number of nitrogens with two attached hydrogens (primary N) is 1. The summed E-state index contributed by atoms with van der Waals surface area (Å²) in [5.41, 5.74) is 8.77. The summed E-state index contributed by atoms with van der Waals surface area (Å²) in [6, 6.07) is 9.14. The number of rotatable bonds is 5. The first-order valence-electron chi connectivity index (χ1n) is 7.27. The van der Waals surface area contributed by atoms with Crippen molar-refractivity contribution in [2.24, 2.45) is 11.7 Å². The molecule has 1 fully saturated rings. The van der Waals surface area contributed by atoms with Crippen LogP contribution >= 0.6 is 0 Å². The zero-order chi connectivity index (χ0) is 13.7. The second kappa shape index (κ2) is 7.04. The molecule has 0 aromatic heterocycles. The Bertz CT molecular complexity index is 377. The fourth-order valence-electron chi connectivity index (χ4n) is 2.87. The number of likely N-dealkylation sites (tertiary alicyclic amines) is 1. The SMILES string of the molecule is CCC1CN(Cc2ccc(COC)cc2)CCC1N. The Kier molecular flexibility index (Phi) is 5.37. The highest BCUT2D eigenvalue weighted by Crippen LogP contribution is 2.20. The van der Waals surface area contributed by atoms with Crippen LogP contribution in [0, 0.1) is 5.92 Å². The Morgan fingerprint density at radius 2 is 1.95 bits per heavy atom. The highest BCUT2D eigenvalue weighted by molar-refractivity contribution is 5.22. The summed E-state index contributed by atoms with van der Waals surface area (Å²) in [6.07, 6.45) is 2.31. The molecule has 2 atom stereocenters. The van der Waals surface area contributed by atoms with Crippen molar-refractivity contribution in [3.05, 3.63) is 35.4 Å². The van der Waals surface area contributed by atoms with E-state index < -0.39 is 0 Å². The highest BCUT2D eigenvalue weighted by Gasteiger charge is 2.24. The van der Waals surface area contributed by atoms with Gasteiger partial charge in [-0.3, -0.25) is 4.90 Å². The summed E-state index contributed by atoms with van der Waals surface area (Å²) in [5.74, 6) is 0.654. The van der Waals surface area contributed by atoms with Gasteiger partial charge >= 0.3 is 0 Å². The molecule has 19 heavy (non-hydrogen) atoms. The van der Waals surface area contributed by atoms with Crippen LogP contribution in [0.1, 0.15) is 30.9 Å². The molecular weight excluding hydrogens is 236 g/mol. The molecule has 3 heteroatoms. The van der Waals surface area contributed by atoms with Crippen molar-refractivity contribution >= 4 is 0 Å². The third kappa shape index (κ3) is 4.03. The quantitative estimate of drug-likeness (QED) is 0.885. The summed E-state index contributed by atoms with van der Waals surface area (Å²) in [6.45, 7) is 6.23. The smallest absolute Gasteiger partial charge is 0.0713 e. The summed E-state index contributed by atoms with van der Waals surface area (Å²) in [5, 5.41) is 0. The first kappa shape index (κ1) is 14.5. The number of ether oxygens (including phenoxy) is 1. The van der Waals surface area contributed by atoms with Gasteiger partial charge in [0.2, 0.25) is 0 Å². The Morgan fingerprint density at radius 3 is 2.58 bits per heavy atom. The van der Waals surface area contributed by atoms with Crippen LogP contribution in [0.3, 0.4) is 0 Å². The van der Waals surface area contributed by atoms with Crippen molar-refractivity contribution in [1.29, 1.82) is 0 Å². The van der Waals surface area contributed by atoms with E-state index in [0.29, 0.717) is 18.6 Å². The van der Waals surface area contributed by atoms with Gasteiger partial charge in [-0.05, 0) is 30.0 Å². The van der Waals surface area contributed by atoms with Gasteiger partial charge < -0.3 is 10.5 Å². The van der Waals surface area contributed by atoms with E-state index in [0.717, 1.165) is 26.1 Å². The molecule has 0 bridgehead atoms. The van der Waals surface area contributed by atoms with Crippen molar-refractivity contribution in [2.75, 3.05) is 20.2 Å². The van der Waals surface area contributed by atoms with E-state index in [-0.39, 0.29) is 0 Å². The maximum atomic E-state index is 6.16. The van der Waals surface area contributed by atoms with Crippen LogP contribution in [0.2, 0.25) is 0 Å². The van der Waals surface area contributed by atoms with Gasteiger partial charge in [0.1, 0.15) is 0 Å². The fourth-order valence-corrected chi connectivity index (χ4v) is 2.87. The molecule has 0 amide bonds. The largest absolute Gasteiger partial charge is 0.380 e. The first-order chi connectivity index (χ1) is 9.22. The minimum Gasteiger partial charge on any atom is -0.380 e. The van der Waals surface area contributed by atoms with E-state index in [4.69, 9.17) is 10.5 Å². The molecule has 1 aliphatic rings. The lowest BCUT2D eigenvalue weighted by Gasteiger charge is -2.36. The van der Waals surface area contributed by atoms with Gasteiger partial charge in [0, 0.05) is 26.2 Å². The third-order valence-corrected chi connectivity index (χ3v) is 4.14. The highest BCUT2D eigenvalue weighted by atomic mass is 16.5. The van der Waals surface area contributed by atoms with Gasteiger partial charge in [0.05, 0.1) is 6.61 Å². The average molecular weight is 262 g/mol. The molecule has 2 unspecified atom stereocenters.